The third-order valence-electron chi connectivity index (χ3n) is 3.58. The molecule has 3 nitrogen and oxygen atoms in total. The van der Waals surface area contributed by atoms with Crippen molar-refractivity contribution in [2.75, 3.05) is 13.3 Å². The second-order valence-electron chi connectivity index (χ2n) is 4.77. The number of rotatable bonds is 3. The van der Waals surface area contributed by atoms with Gasteiger partial charge in [0.25, 0.3) is 5.91 Å². The molecule has 0 aliphatic carbocycles. The van der Waals surface area contributed by atoms with Crippen LogP contribution in [0.3, 0.4) is 0 Å². The highest BCUT2D eigenvalue weighted by molar-refractivity contribution is 5.87. The summed E-state index contributed by atoms with van der Waals surface area (Å²) in [6.07, 6.45) is -0.471. The normalized spacial score (nSPS) is 31.1. The van der Waals surface area contributed by atoms with E-state index in [4.69, 9.17) is 5.11 Å². The van der Waals surface area contributed by atoms with Gasteiger partial charge in [-0.1, -0.05) is 18.2 Å². The third-order valence-corrected chi connectivity index (χ3v) is 3.58. The minimum atomic E-state index is -2.43. The topological polar surface area (TPSA) is 49.3 Å². The number of carbonyl (C=O) groups excluding carboxylic acids is 1. The first-order valence-electron chi connectivity index (χ1n) is 5.91. The van der Waals surface area contributed by atoms with Crippen molar-refractivity contribution in [2.24, 2.45) is 0 Å². The van der Waals surface area contributed by atoms with E-state index in [0.717, 1.165) is 6.07 Å². The molecule has 6 heteroatoms. The number of halogens is 3. The van der Waals surface area contributed by atoms with Crippen LogP contribution in [0.1, 0.15) is 18.4 Å². The Morgan fingerprint density at radius 1 is 1.32 bits per heavy atom. The molecule has 0 radical (unpaired) electrons. The number of hydrogen-bond acceptors (Lipinski definition) is 2. The summed E-state index contributed by atoms with van der Waals surface area (Å²) < 4.78 is 41.0. The predicted molar refractivity (Wildman–Crippen MR) is 62.4 cm³/mol. The summed E-state index contributed by atoms with van der Waals surface area (Å²) in [6, 6.07) is 5.48. The summed E-state index contributed by atoms with van der Waals surface area (Å²) >= 11 is 0. The van der Waals surface area contributed by atoms with E-state index in [9.17, 15) is 18.0 Å². The maximum atomic E-state index is 13.9. The van der Waals surface area contributed by atoms with E-state index in [1.165, 1.54) is 18.2 Å². The lowest BCUT2D eigenvalue weighted by Gasteiger charge is -2.41. The first-order chi connectivity index (χ1) is 8.97. The Morgan fingerprint density at radius 2 is 2.00 bits per heavy atom. The molecule has 1 unspecified atom stereocenters. The third kappa shape index (κ3) is 2.20. The lowest BCUT2D eigenvalue weighted by atomic mass is 9.78. The summed E-state index contributed by atoms with van der Waals surface area (Å²) in [5.74, 6) is -1.77. The van der Waals surface area contributed by atoms with Gasteiger partial charge < -0.3 is 10.4 Å². The van der Waals surface area contributed by atoms with Gasteiger partial charge in [-0.15, -0.1) is 0 Å². The molecular weight excluding hydrogens is 259 g/mol. The smallest absolute Gasteiger partial charge is 0.260 e. The molecular formula is C13H14F3NO2. The van der Waals surface area contributed by atoms with E-state index in [-0.39, 0.29) is 18.4 Å². The number of aliphatic hydroxyl groups is 1. The van der Waals surface area contributed by atoms with Crippen molar-refractivity contribution in [2.45, 2.75) is 24.0 Å². The van der Waals surface area contributed by atoms with Crippen molar-refractivity contribution in [3.05, 3.63) is 35.6 Å². The molecule has 0 aromatic heterocycles. The summed E-state index contributed by atoms with van der Waals surface area (Å²) in [7, 11) is 0. The van der Waals surface area contributed by atoms with Gasteiger partial charge in [-0.2, -0.15) is 0 Å². The van der Waals surface area contributed by atoms with Crippen molar-refractivity contribution < 1.29 is 23.1 Å². The highest BCUT2D eigenvalue weighted by Crippen LogP contribution is 2.37. The maximum Gasteiger partial charge on any atom is 0.260 e. The molecule has 1 aliphatic heterocycles. The lowest BCUT2D eigenvalue weighted by Crippen LogP contribution is -2.61. The Bertz CT molecular complexity index is 497. The van der Waals surface area contributed by atoms with E-state index < -0.39 is 36.2 Å². The van der Waals surface area contributed by atoms with Crippen LogP contribution >= 0.6 is 0 Å². The van der Waals surface area contributed by atoms with Gasteiger partial charge in [0.2, 0.25) is 5.67 Å². The van der Waals surface area contributed by atoms with Crippen LogP contribution in [0.25, 0.3) is 0 Å². The zero-order valence-electron chi connectivity index (χ0n) is 10.1. The lowest BCUT2D eigenvalue weighted by molar-refractivity contribution is -0.143. The molecule has 1 aromatic rings. The van der Waals surface area contributed by atoms with Crippen molar-refractivity contribution in [1.29, 1.82) is 0 Å². The van der Waals surface area contributed by atoms with Gasteiger partial charge in [-0.25, -0.2) is 13.2 Å². The van der Waals surface area contributed by atoms with Gasteiger partial charge in [-0.05, 0) is 18.9 Å². The average Bonchev–Trinajstić information content (AvgIpc) is 2.43. The Kier molecular flexibility index (Phi) is 3.54. The van der Waals surface area contributed by atoms with Crippen LogP contribution in [0.15, 0.2) is 24.3 Å². The number of amides is 1. The molecule has 104 valence electrons. The first-order valence-corrected chi connectivity index (χ1v) is 5.91. The average molecular weight is 273 g/mol. The van der Waals surface area contributed by atoms with Crippen LogP contribution in [-0.4, -0.2) is 30.0 Å². The molecule has 2 rings (SSSR count). The Hall–Kier alpha value is -1.56. The minimum absolute atomic E-state index is 0.00848. The highest BCUT2D eigenvalue weighted by Gasteiger charge is 2.50. The largest absolute Gasteiger partial charge is 0.392 e. The molecule has 0 bridgehead atoms. The fourth-order valence-electron chi connectivity index (χ4n) is 2.29. The second kappa shape index (κ2) is 4.85. The summed E-state index contributed by atoms with van der Waals surface area (Å²) in [5.41, 5.74) is -4.00. The van der Waals surface area contributed by atoms with E-state index >= 15 is 0 Å². The first kappa shape index (κ1) is 13.9. The molecule has 0 saturated carbocycles. The highest BCUT2D eigenvalue weighted by atomic mass is 19.1. The number of aliphatic hydroxyl groups excluding tert-OH is 1. The molecule has 1 fully saturated rings. The number of alkyl halides is 2. The zero-order valence-corrected chi connectivity index (χ0v) is 10.1. The molecule has 2 atom stereocenters. The van der Waals surface area contributed by atoms with Crippen LogP contribution in [0.5, 0.6) is 0 Å². The van der Waals surface area contributed by atoms with Crippen LogP contribution in [0.4, 0.5) is 13.2 Å². The van der Waals surface area contributed by atoms with Crippen molar-refractivity contribution in [3.8, 4) is 0 Å². The molecule has 1 aromatic carbocycles. The van der Waals surface area contributed by atoms with Gasteiger partial charge in [0.1, 0.15) is 12.5 Å². The van der Waals surface area contributed by atoms with E-state index in [2.05, 4.69) is 5.32 Å². The van der Waals surface area contributed by atoms with Crippen LogP contribution in [-0.2, 0) is 10.3 Å². The number of hydrogen-bond donors (Lipinski definition) is 2. The summed E-state index contributed by atoms with van der Waals surface area (Å²) in [6.45, 7) is -2.01. The molecule has 1 saturated heterocycles. The Labute approximate surface area is 108 Å². The van der Waals surface area contributed by atoms with Crippen molar-refractivity contribution in [1.82, 2.24) is 5.32 Å². The number of benzene rings is 1. The minimum Gasteiger partial charge on any atom is -0.392 e. The Balaban J connectivity index is 2.37. The maximum absolute atomic E-state index is 13.9. The van der Waals surface area contributed by atoms with Crippen molar-refractivity contribution in [3.63, 3.8) is 0 Å². The van der Waals surface area contributed by atoms with Crippen LogP contribution < -0.4 is 5.32 Å². The zero-order chi connectivity index (χ0) is 14.1. The molecule has 0 spiro atoms. The fourth-order valence-corrected chi connectivity index (χ4v) is 2.29. The van der Waals surface area contributed by atoms with Crippen LogP contribution in [0, 0.1) is 5.82 Å². The summed E-state index contributed by atoms with van der Waals surface area (Å²) in [5, 5.41) is 11.1. The molecule has 1 heterocycles. The molecule has 19 heavy (non-hydrogen) atoms. The molecule has 1 aliphatic rings. The van der Waals surface area contributed by atoms with E-state index in [1.54, 1.807) is 0 Å². The Morgan fingerprint density at radius 3 is 2.53 bits per heavy atom. The number of piperidine rings is 1. The molecule has 2 N–H and O–H groups in total. The quantitative estimate of drug-likeness (QED) is 0.879. The standard InChI is InChI=1S/C13H14F3NO2/c14-7-13(9-3-1-2-4-10(9)15)6-5-12(16,8-18)11(19)17-13/h1-4,18H,5-8H2,(H,17,19)/t12?,13-/m1/s1. The van der Waals surface area contributed by atoms with E-state index in [1.807, 2.05) is 0 Å². The second-order valence-corrected chi connectivity index (χ2v) is 4.77. The van der Waals surface area contributed by atoms with Gasteiger partial charge in [0.05, 0.1) is 12.1 Å². The van der Waals surface area contributed by atoms with Crippen LogP contribution in [0.2, 0.25) is 0 Å². The SMILES string of the molecule is O=C1N[C@](CF)(c2ccccc2F)CCC1(F)CO. The molecule has 1 amide bonds. The summed E-state index contributed by atoms with van der Waals surface area (Å²) in [4.78, 5) is 11.7. The van der Waals surface area contributed by atoms with E-state index in [0.29, 0.717) is 0 Å². The van der Waals surface area contributed by atoms with Gasteiger partial charge in [0.15, 0.2) is 0 Å². The van der Waals surface area contributed by atoms with Crippen molar-refractivity contribution >= 4 is 5.91 Å². The number of nitrogens with one attached hydrogen (secondary N) is 1. The van der Waals surface area contributed by atoms with Gasteiger partial charge >= 0.3 is 0 Å². The van der Waals surface area contributed by atoms with Gasteiger partial charge in [-0.3, -0.25) is 4.79 Å². The van der Waals surface area contributed by atoms with Gasteiger partial charge in [0, 0.05) is 5.56 Å². The predicted octanol–water partition coefficient (Wildman–Crippen LogP) is 1.60. The fraction of sp³-hybridized carbons (Fsp3) is 0.462. The number of carbonyl (C=O) groups is 1. The monoisotopic (exact) mass is 273 g/mol.